The Balaban J connectivity index is 1.26. The van der Waals surface area contributed by atoms with Crippen LogP contribution in [0.2, 0.25) is 0 Å². The molecule has 5 heteroatoms. The van der Waals surface area contributed by atoms with Crippen molar-refractivity contribution in [1.29, 1.82) is 0 Å². The summed E-state index contributed by atoms with van der Waals surface area (Å²) in [6, 6.07) is 13.9. The predicted octanol–water partition coefficient (Wildman–Crippen LogP) is 4.37. The van der Waals surface area contributed by atoms with Gasteiger partial charge in [-0.3, -0.25) is 14.8 Å². The van der Waals surface area contributed by atoms with Crippen molar-refractivity contribution in [1.82, 2.24) is 19.8 Å². The number of fused-ring (bicyclic) bond motifs is 1. The third kappa shape index (κ3) is 3.45. The van der Waals surface area contributed by atoms with Crippen molar-refractivity contribution in [2.45, 2.75) is 19.8 Å². The lowest BCUT2D eigenvalue weighted by molar-refractivity contribution is 0.0659. The Bertz CT molecular complexity index is 1110. The Kier molecular flexibility index (Phi) is 4.54. The zero-order chi connectivity index (χ0) is 20.7. The molecule has 1 saturated heterocycles. The Morgan fingerprint density at radius 3 is 2.47 bits per heavy atom. The minimum absolute atomic E-state index is 0.0552. The van der Waals surface area contributed by atoms with Crippen molar-refractivity contribution in [2.24, 2.45) is 5.41 Å². The molecule has 2 aliphatic rings. The minimum atomic E-state index is 0.0552. The average Bonchev–Trinajstić information content (AvgIpc) is 3.56. The van der Waals surface area contributed by atoms with Crippen LogP contribution >= 0.6 is 0 Å². The monoisotopic (exact) mass is 398 g/mol. The third-order valence-electron chi connectivity index (χ3n) is 6.55. The van der Waals surface area contributed by atoms with Gasteiger partial charge < -0.3 is 9.80 Å². The second-order valence-corrected chi connectivity index (χ2v) is 8.63. The number of allylic oxidation sites excluding steroid dienone is 1. The van der Waals surface area contributed by atoms with Crippen molar-refractivity contribution in [3.63, 3.8) is 0 Å². The molecule has 0 unspecified atom stereocenters. The number of hydrogen-bond donors (Lipinski definition) is 0. The molecule has 1 aliphatic heterocycles. The fourth-order valence-corrected chi connectivity index (χ4v) is 4.15. The van der Waals surface area contributed by atoms with Crippen LogP contribution in [0.5, 0.6) is 0 Å². The number of carbonyl (C=O) groups is 1. The van der Waals surface area contributed by atoms with Gasteiger partial charge in [-0.1, -0.05) is 25.6 Å². The van der Waals surface area contributed by atoms with E-state index in [-0.39, 0.29) is 5.91 Å². The first-order valence-corrected chi connectivity index (χ1v) is 10.6. The maximum atomic E-state index is 12.9. The summed E-state index contributed by atoms with van der Waals surface area (Å²) in [7, 11) is 0. The van der Waals surface area contributed by atoms with Gasteiger partial charge in [0, 0.05) is 60.6 Å². The van der Waals surface area contributed by atoms with Gasteiger partial charge in [0.2, 0.25) is 0 Å². The van der Waals surface area contributed by atoms with Crippen LogP contribution < -0.4 is 0 Å². The fourth-order valence-electron chi connectivity index (χ4n) is 4.15. The molecule has 3 heterocycles. The molecule has 1 amide bonds. The lowest BCUT2D eigenvalue weighted by Crippen LogP contribution is -2.48. The Morgan fingerprint density at radius 2 is 1.77 bits per heavy atom. The van der Waals surface area contributed by atoms with E-state index < -0.39 is 0 Å². The van der Waals surface area contributed by atoms with Gasteiger partial charge in [-0.25, -0.2) is 0 Å². The van der Waals surface area contributed by atoms with E-state index in [4.69, 9.17) is 0 Å². The van der Waals surface area contributed by atoms with E-state index in [1.165, 1.54) is 18.5 Å². The van der Waals surface area contributed by atoms with Gasteiger partial charge in [-0.05, 0) is 43.2 Å². The van der Waals surface area contributed by atoms with Crippen LogP contribution in [0, 0.1) is 5.41 Å². The van der Waals surface area contributed by atoms with Crippen molar-refractivity contribution >= 4 is 16.8 Å². The van der Waals surface area contributed by atoms with Crippen molar-refractivity contribution in [3.8, 4) is 11.3 Å². The number of piperazine rings is 1. The van der Waals surface area contributed by atoms with E-state index in [9.17, 15) is 4.79 Å². The molecule has 2 fully saturated rings. The summed E-state index contributed by atoms with van der Waals surface area (Å²) in [4.78, 5) is 26.1. The van der Waals surface area contributed by atoms with Gasteiger partial charge in [0.05, 0.1) is 16.8 Å². The largest absolute Gasteiger partial charge is 0.371 e. The number of nitrogens with zero attached hydrogens (tertiary/aromatic N) is 4. The lowest BCUT2D eigenvalue weighted by atomic mass is 10.0. The number of rotatable bonds is 4. The first-order chi connectivity index (χ1) is 14.5. The summed E-state index contributed by atoms with van der Waals surface area (Å²) in [6.45, 7) is 9.76. The predicted molar refractivity (Wildman–Crippen MR) is 119 cm³/mol. The van der Waals surface area contributed by atoms with Crippen LogP contribution in [0.1, 0.15) is 30.1 Å². The average molecular weight is 399 g/mol. The molecule has 152 valence electrons. The highest BCUT2D eigenvalue weighted by molar-refractivity contribution is 5.94. The van der Waals surface area contributed by atoms with Gasteiger partial charge in [-0.15, -0.1) is 0 Å². The standard InChI is InChI=1S/C25H26N4O/c1-18(25(2)9-10-25)28-12-14-29(15-13-28)24(30)21-6-8-23(27-17-21)20-5-7-22-19(16-20)4-3-11-26-22/h3-8,11,16-17H,1,9-10,12-15H2,2H3. The molecule has 5 nitrogen and oxygen atoms in total. The van der Waals surface area contributed by atoms with Crippen LogP contribution in [0.25, 0.3) is 22.2 Å². The van der Waals surface area contributed by atoms with Gasteiger partial charge in [-0.2, -0.15) is 0 Å². The van der Waals surface area contributed by atoms with E-state index in [0.29, 0.717) is 11.0 Å². The molecule has 3 aromatic rings. The summed E-state index contributed by atoms with van der Waals surface area (Å²) < 4.78 is 0. The molecule has 0 atom stereocenters. The highest BCUT2D eigenvalue weighted by Gasteiger charge is 2.42. The van der Waals surface area contributed by atoms with Crippen LogP contribution in [-0.2, 0) is 0 Å². The van der Waals surface area contributed by atoms with Crippen molar-refractivity contribution in [3.05, 3.63) is 72.7 Å². The first-order valence-electron chi connectivity index (χ1n) is 10.6. The topological polar surface area (TPSA) is 49.3 Å². The van der Waals surface area contributed by atoms with Crippen molar-refractivity contribution in [2.75, 3.05) is 26.2 Å². The van der Waals surface area contributed by atoms with Crippen LogP contribution in [0.4, 0.5) is 0 Å². The molecule has 1 aromatic carbocycles. The molecule has 5 rings (SSSR count). The number of aromatic nitrogens is 2. The Labute approximate surface area is 177 Å². The molecule has 30 heavy (non-hydrogen) atoms. The van der Waals surface area contributed by atoms with Gasteiger partial charge in [0.1, 0.15) is 0 Å². The van der Waals surface area contributed by atoms with Crippen LogP contribution in [0.15, 0.2) is 67.1 Å². The SMILES string of the molecule is C=C(N1CCN(C(=O)c2ccc(-c3ccc4ncccc4c3)nc2)CC1)C1(C)CC1. The summed E-state index contributed by atoms with van der Waals surface area (Å²) in [5.74, 6) is 0.0552. The number of amides is 1. The molecule has 0 bridgehead atoms. The second-order valence-electron chi connectivity index (χ2n) is 8.63. The molecular weight excluding hydrogens is 372 g/mol. The van der Waals surface area contributed by atoms with Gasteiger partial charge >= 0.3 is 0 Å². The van der Waals surface area contributed by atoms with Gasteiger partial charge in [0.25, 0.3) is 5.91 Å². The van der Waals surface area contributed by atoms with Crippen molar-refractivity contribution < 1.29 is 4.79 Å². The van der Waals surface area contributed by atoms with Crippen LogP contribution in [-0.4, -0.2) is 51.9 Å². The highest BCUT2D eigenvalue weighted by atomic mass is 16.2. The summed E-state index contributed by atoms with van der Waals surface area (Å²) in [5.41, 5.74) is 5.02. The summed E-state index contributed by atoms with van der Waals surface area (Å²) in [6.07, 6.45) is 5.96. The zero-order valence-electron chi connectivity index (χ0n) is 17.3. The summed E-state index contributed by atoms with van der Waals surface area (Å²) >= 11 is 0. The maximum absolute atomic E-state index is 12.9. The molecule has 0 N–H and O–H groups in total. The van der Waals surface area contributed by atoms with E-state index in [1.807, 2.05) is 41.3 Å². The summed E-state index contributed by atoms with van der Waals surface area (Å²) in [5, 5.41) is 1.08. The highest BCUT2D eigenvalue weighted by Crippen LogP contribution is 2.51. The number of hydrogen-bond acceptors (Lipinski definition) is 4. The quantitative estimate of drug-likeness (QED) is 0.655. The van der Waals surface area contributed by atoms with E-state index >= 15 is 0 Å². The smallest absolute Gasteiger partial charge is 0.255 e. The molecular formula is C25H26N4O. The fraction of sp³-hybridized carbons (Fsp3) is 0.320. The van der Waals surface area contributed by atoms with E-state index in [1.54, 1.807) is 12.4 Å². The number of carbonyl (C=O) groups excluding carboxylic acids is 1. The van der Waals surface area contributed by atoms with Gasteiger partial charge in [0.15, 0.2) is 0 Å². The normalized spacial score (nSPS) is 17.8. The first kappa shape index (κ1) is 18.8. The Morgan fingerprint density at radius 1 is 1.00 bits per heavy atom. The molecule has 0 spiro atoms. The minimum Gasteiger partial charge on any atom is -0.371 e. The number of benzene rings is 1. The second kappa shape index (κ2) is 7.24. The molecule has 2 aromatic heterocycles. The van der Waals surface area contributed by atoms with E-state index in [2.05, 4.69) is 34.4 Å². The zero-order valence-corrected chi connectivity index (χ0v) is 17.3. The molecule has 1 aliphatic carbocycles. The molecule has 1 saturated carbocycles. The maximum Gasteiger partial charge on any atom is 0.255 e. The Hall–Kier alpha value is -3.21. The third-order valence-corrected chi connectivity index (χ3v) is 6.55. The molecule has 0 radical (unpaired) electrons. The van der Waals surface area contributed by atoms with E-state index in [0.717, 1.165) is 48.3 Å². The number of pyridine rings is 2. The lowest BCUT2D eigenvalue weighted by Gasteiger charge is -2.38. The van der Waals surface area contributed by atoms with Crippen LogP contribution in [0.3, 0.4) is 0 Å².